The second kappa shape index (κ2) is 4.48. The van der Waals surface area contributed by atoms with Gasteiger partial charge >= 0.3 is 0 Å². The van der Waals surface area contributed by atoms with Crippen LogP contribution in [0.5, 0.6) is 0 Å². The van der Waals surface area contributed by atoms with Gasteiger partial charge < -0.3 is 5.73 Å². The summed E-state index contributed by atoms with van der Waals surface area (Å²) < 4.78 is 0. The van der Waals surface area contributed by atoms with Crippen LogP contribution in [0.3, 0.4) is 0 Å². The summed E-state index contributed by atoms with van der Waals surface area (Å²) in [5, 5.41) is 0.519. The normalized spacial score (nSPS) is 8.69. The molecule has 0 aliphatic heterocycles. The molecular formula is C9H7ClN2O. The molecule has 0 radical (unpaired) electrons. The Kier molecular flexibility index (Phi) is 3.30. The maximum absolute atomic E-state index is 10.3. The number of carbonyl (C=O) groups excluding carboxylic acids is 1. The van der Waals surface area contributed by atoms with Crippen LogP contribution >= 0.6 is 11.6 Å². The van der Waals surface area contributed by atoms with Gasteiger partial charge in [-0.3, -0.25) is 9.78 Å². The van der Waals surface area contributed by atoms with Crippen LogP contribution in [-0.4, -0.2) is 10.9 Å². The lowest BCUT2D eigenvalue weighted by molar-refractivity contribution is -0.117. The molecule has 0 aromatic carbocycles. The summed E-state index contributed by atoms with van der Waals surface area (Å²) in [6, 6.07) is 1.67. The zero-order valence-electron chi connectivity index (χ0n) is 6.75. The molecule has 0 aliphatic carbocycles. The van der Waals surface area contributed by atoms with Gasteiger partial charge in [-0.2, -0.15) is 0 Å². The van der Waals surface area contributed by atoms with Crippen molar-refractivity contribution in [3.63, 3.8) is 0 Å². The molecule has 0 unspecified atom stereocenters. The number of pyridine rings is 1. The summed E-state index contributed by atoms with van der Waals surface area (Å²) in [4.78, 5) is 14.2. The first-order valence-electron chi connectivity index (χ1n) is 3.56. The minimum Gasteiger partial charge on any atom is -0.369 e. The van der Waals surface area contributed by atoms with Crippen molar-refractivity contribution in [1.82, 2.24) is 4.98 Å². The number of nitrogens with two attached hydrogens (primary N) is 1. The predicted molar refractivity (Wildman–Crippen MR) is 49.9 cm³/mol. The van der Waals surface area contributed by atoms with E-state index in [0.29, 0.717) is 10.6 Å². The third kappa shape index (κ3) is 3.59. The van der Waals surface area contributed by atoms with Crippen molar-refractivity contribution in [1.29, 1.82) is 0 Å². The fourth-order valence-corrected chi connectivity index (χ4v) is 0.887. The van der Waals surface area contributed by atoms with Crippen molar-refractivity contribution in [3.8, 4) is 11.8 Å². The van der Waals surface area contributed by atoms with Gasteiger partial charge in [0.05, 0.1) is 11.4 Å². The first-order chi connectivity index (χ1) is 6.18. The van der Waals surface area contributed by atoms with Gasteiger partial charge in [0, 0.05) is 18.0 Å². The van der Waals surface area contributed by atoms with E-state index in [1.165, 1.54) is 6.20 Å². The van der Waals surface area contributed by atoms with Gasteiger partial charge in [-0.25, -0.2) is 0 Å². The van der Waals surface area contributed by atoms with Gasteiger partial charge in [0.2, 0.25) is 5.91 Å². The summed E-state index contributed by atoms with van der Waals surface area (Å²) in [6.45, 7) is 0. The van der Waals surface area contributed by atoms with Crippen molar-refractivity contribution in [2.24, 2.45) is 5.73 Å². The number of carbonyl (C=O) groups is 1. The maximum atomic E-state index is 10.3. The van der Waals surface area contributed by atoms with Crippen LogP contribution in [0, 0.1) is 11.8 Å². The van der Waals surface area contributed by atoms with E-state index < -0.39 is 5.91 Å². The topological polar surface area (TPSA) is 56.0 Å². The average Bonchev–Trinajstić information content (AvgIpc) is 2.03. The Bertz CT molecular complexity index is 379. The molecular weight excluding hydrogens is 188 g/mol. The molecule has 0 saturated carbocycles. The molecule has 13 heavy (non-hydrogen) atoms. The molecule has 2 N–H and O–H groups in total. The summed E-state index contributed by atoms with van der Waals surface area (Å²) >= 11 is 5.66. The highest BCUT2D eigenvalue weighted by Gasteiger charge is 1.90. The Morgan fingerprint density at radius 3 is 3.00 bits per heavy atom. The molecule has 1 rings (SSSR count). The average molecular weight is 195 g/mol. The monoisotopic (exact) mass is 194 g/mol. The predicted octanol–water partition coefficient (Wildman–Crippen LogP) is 0.962. The zero-order valence-corrected chi connectivity index (χ0v) is 7.51. The van der Waals surface area contributed by atoms with E-state index in [-0.39, 0.29) is 6.42 Å². The van der Waals surface area contributed by atoms with E-state index in [1.807, 2.05) is 0 Å². The highest BCUT2D eigenvalue weighted by molar-refractivity contribution is 6.30. The molecule has 0 spiro atoms. The van der Waals surface area contributed by atoms with Gasteiger partial charge in [0.1, 0.15) is 0 Å². The lowest BCUT2D eigenvalue weighted by Crippen LogP contribution is -2.08. The highest BCUT2D eigenvalue weighted by Crippen LogP contribution is 2.06. The van der Waals surface area contributed by atoms with E-state index >= 15 is 0 Å². The summed E-state index contributed by atoms with van der Waals surface area (Å²) in [7, 11) is 0. The van der Waals surface area contributed by atoms with E-state index in [4.69, 9.17) is 17.3 Å². The lowest BCUT2D eigenvalue weighted by atomic mass is 10.3. The molecule has 1 amide bonds. The van der Waals surface area contributed by atoms with Crippen LogP contribution < -0.4 is 5.73 Å². The first kappa shape index (κ1) is 9.56. The Labute approximate surface area is 80.9 Å². The van der Waals surface area contributed by atoms with Crippen LogP contribution in [0.25, 0.3) is 0 Å². The maximum Gasteiger partial charge on any atom is 0.229 e. The number of amides is 1. The summed E-state index contributed by atoms with van der Waals surface area (Å²) in [5.41, 5.74) is 5.58. The van der Waals surface area contributed by atoms with Crippen LogP contribution in [-0.2, 0) is 4.79 Å². The fourth-order valence-electron chi connectivity index (χ4n) is 0.714. The lowest BCUT2D eigenvalue weighted by Gasteiger charge is -1.89. The SMILES string of the molecule is NC(=O)CC#Cc1cncc(Cl)c1. The third-order valence-corrected chi connectivity index (χ3v) is 1.41. The van der Waals surface area contributed by atoms with Crippen LogP contribution in [0.1, 0.15) is 12.0 Å². The molecule has 0 aliphatic rings. The van der Waals surface area contributed by atoms with Crippen molar-refractivity contribution in [2.75, 3.05) is 0 Å². The molecule has 1 heterocycles. The van der Waals surface area contributed by atoms with E-state index in [0.717, 1.165) is 0 Å². The Morgan fingerprint density at radius 1 is 1.62 bits per heavy atom. The van der Waals surface area contributed by atoms with E-state index in [2.05, 4.69) is 16.8 Å². The molecule has 0 saturated heterocycles. The van der Waals surface area contributed by atoms with Gasteiger partial charge in [0.15, 0.2) is 0 Å². The number of nitrogens with zero attached hydrogens (tertiary/aromatic N) is 1. The fraction of sp³-hybridized carbons (Fsp3) is 0.111. The van der Waals surface area contributed by atoms with E-state index in [1.54, 1.807) is 12.3 Å². The quantitative estimate of drug-likeness (QED) is 0.678. The summed E-state index contributed by atoms with van der Waals surface area (Å²) in [6.07, 6.45) is 3.13. The van der Waals surface area contributed by atoms with Crippen LogP contribution in [0.15, 0.2) is 18.5 Å². The first-order valence-corrected chi connectivity index (χ1v) is 3.94. The molecule has 1 aromatic heterocycles. The molecule has 3 nitrogen and oxygen atoms in total. The van der Waals surface area contributed by atoms with Gasteiger partial charge in [-0.1, -0.05) is 23.4 Å². The Morgan fingerprint density at radius 2 is 2.38 bits per heavy atom. The molecule has 0 fully saturated rings. The van der Waals surface area contributed by atoms with Crippen molar-refractivity contribution >= 4 is 17.5 Å². The summed E-state index contributed by atoms with van der Waals surface area (Å²) in [5.74, 6) is 4.88. The molecule has 1 aromatic rings. The molecule has 4 heteroatoms. The zero-order chi connectivity index (χ0) is 9.68. The third-order valence-electron chi connectivity index (χ3n) is 1.20. The smallest absolute Gasteiger partial charge is 0.229 e. The van der Waals surface area contributed by atoms with Gasteiger partial charge in [0.25, 0.3) is 0 Å². The second-order valence-corrected chi connectivity index (χ2v) is 2.77. The number of rotatable bonds is 1. The molecule has 0 bridgehead atoms. The van der Waals surface area contributed by atoms with Crippen molar-refractivity contribution in [3.05, 3.63) is 29.0 Å². The van der Waals surface area contributed by atoms with Crippen LogP contribution in [0.2, 0.25) is 5.02 Å². The number of hydrogen-bond donors (Lipinski definition) is 1. The second-order valence-electron chi connectivity index (χ2n) is 2.34. The van der Waals surface area contributed by atoms with Gasteiger partial charge in [-0.15, -0.1) is 0 Å². The standard InChI is InChI=1S/C9H7ClN2O/c10-8-4-7(5-12-6-8)2-1-3-9(11)13/h4-6H,3H2,(H2,11,13). The number of hydrogen-bond acceptors (Lipinski definition) is 2. The number of halogens is 1. The Hall–Kier alpha value is -1.53. The van der Waals surface area contributed by atoms with Gasteiger partial charge in [-0.05, 0) is 6.07 Å². The molecule has 66 valence electrons. The Balaban J connectivity index is 2.72. The van der Waals surface area contributed by atoms with Crippen molar-refractivity contribution < 1.29 is 4.79 Å². The minimum atomic E-state index is -0.442. The largest absolute Gasteiger partial charge is 0.369 e. The highest BCUT2D eigenvalue weighted by atomic mass is 35.5. The number of primary amides is 1. The van der Waals surface area contributed by atoms with Crippen molar-refractivity contribution in [2.45, 2.75) is 6.42 Å². The van der Waals surface area contributed by atoms with E-state index in [9.17, 15) is 4.79 Å². The minimum absolute atomic E-state index is 0.0481. The number of aromatic nitrogens is 1. The molecule has 0 atom stereocenters. The van der Waals surface area contributed by atoms with Crippen LogP contribution in [0.4, 0.5) is 0 Å².